The Labute approximate surface area is 167 Å². The molecule has 0 unspecified atom stereocenters. The van der Waals surface area contributed by atoms with Crippen molar-refractivity contribution < 1.29 is 9.59 Å². The molecule has 7 heteroatoms. The van der Waals surface area contributed by atoms with E-state index in [1.807, 2.05) is 35.7 Å². The molecule has 2 amide bonds. The lowest BCUT2D eigenvalue weighted by Gasteiger charge is -2.14. The lowest BCUT2D eigenvalue weighted by atomic mass is 10.1. The van der Waals surface area contributed by atoms with Gasteiger partial charge in [0.05, 0.1) is 10.6 Å². The van der Waals surface area contributed by atoms with Gasteiger partial charge in [-0.1, -0.05) is 18.2 Å². The molecule has 1 aromatic carbocycles. The smallest absolute Gasteiger partial charge is 0.261 e. The fourth-order valence-electron chi connectivity index (χ4n) is 3.30. The summed E-state index contributed by atoms with van der Waals surface area (Å²) in [4.78, 5) is 29.9. The third-order valence-corrected chi connectivity index (χ3v) is 5.69. The van der Waals surface area contributed by atoms with Crippen LogP contribution in [-0.4, -0.2) is 27.4 Å². The average Bonchev–Trinajstić information content (AvgIpc) is 3.38. The number of hydrogen-bond donors (Lipinski definition) is 2. The monoisotopic (exact) mass is 394 g/mol. The normalized spacial score (nSPS) is 14.2. The van der Waals surface area contributed by atoms with Crippen LogP contribution < -0.4 is 10.6 Å². The van der Waals surface area contributed by atoms with Crippen LogP contribution in [0.4, 0.5) is 5.69 Å². The second-order valence-corrected chi connectivity index (χ2v) is 7.88. The van der Waals surface area contributed by atoms with Crippen LogP contribution in [0.25, 0.3) is 11.3 Å². The Kier molecular flexibility index (Phi) is 5.25. The molecule has 1 aliphatic heterocycles. The van der Waals surface area contributed by atoms with Crippen LogP contribution in [0.1, 0.15) is 35.3 Å². The van der Waals surface area contributed by atoms with Crippen molar-refractivity contribution in [1.29, 1.82) is 0 Å². The zero-order chi connectivity index (χ0) is 19.5. The van der Waals surface area contributed by atoms with Crippen LogP contribution in [0.2, 0.25) is 0 Å². The van der Waals surface area contributed by atoms with Gasteiger partial charge in [0, 0.05) is 30.4 Å². The van der Waals surface area contributed by atoms with E-state index in [1.54, 1.807) is 13.0 Å². The molecule has 0 radical (unpaired) electrons. The first-order valence-corrected chi connectivity index (χ1v) is 10.3. The minimum absolute atomic E-state index is 0.241. The van der Waals surface area contributed by atoms with E-state index in [-0.39, 0.29) is 11.8 Å². The predicted molar refractivity (Wildman–Crippen MR) is 110 cm³/mol. The third kappa shape index (κ3) is 3.99. The number of carbonyl (C=O) groups excluding carboxylic acids is 2. The maximum Gasteiger partial charge on any atom is 0.261 e. The number of benzene rings is 1. The van der Waals surface area contributed by atoms with E-state index < -0.39 is 6.04 Å². The Balaban J connectivity index is 1.43. The Morgan fingerprint density at radius 2 is 2.11 bits per heavy atom. The molecule has 1 atom stereocenters. The van der Waals surface area contributed by atoms with E-state index in [9.17, 15) is 9.59 Å². The predicted octanol–water partition coefficient (Wildman–Crippen LogP) is 3.70. The number of fused-ring (bicyclic) bond motifs is 1. The molecule has 0 spiro atoms. The first-order chi connectivity index (χ1) is 13.6. The van der Waals surface area contributed by atoms with Gasteiger partial charge in [-0.25, -0.2) is 4.98 Å². The summed E-state index contributed by atoms with van der Waals surface area (Å²) in [6.45, 7) is 2.69. The number of aromatic nitrogens is 2. The molecular formula is C21H22N4O2S. The summed E-state index contributed by atoms with van der Waals surface area (Å²) in [6, 6.07) is 10.6. The molecule has 28 heavy (non-hydrogen) atoms. The minimum atomic E-state index is -0.641. The number of amides is 2. The number of aryl methyl sites for hydroxylation is 2. The van der Waals surface area contributed by atoms with Crippen molar-refractivity contribution in [3.8, 4) is 11.3 Å². The maximum atomic E-state index is 12.5. The molecule has 0 bridgehead atoms. The number of nitrogens with zero attached hydrogens (tertiary/aromatic N) is 2. The van der Waals surface area contributed by atoms with Crippen molar-refractivity contribution in [2.75, 3.05) is 5.32 Å². The van der Waals surface area contributed by atoms with Gasteiger partial charge in [-0.2, -0.15) is 0 Å². The van der Waals surface area contributed by atoms with Gasteiger partial charge in [0.2, 0.25) is 5.91 Å². The van der Waals surface area contributed by atoms with E-state index >= 15 is 0 Å². The zero-order valence-corrected chi connectivity index (χ0v) is 16.5. The van der Waals surface area contributed by atoms with Gasteiger partial charge in [-0.05, 0) is 43.3 Å². The third-order valence-electron chi connectivity index (χ3n) is 4.82. The first kappa shape index (κ1) is 18.4. The summed E-state index contributed by atoms with van der Waals surface area (Å²) >= 11 is 1.35. The maximum absolute atomic E-state index is 12.5. The topological polar surface area (TPSA) is 76.0 Å². The Morgan fingerprint density at radius 1 is 1.21 bits per heavy atom. The molecule has 0 fully saturated rings. The lowest BCUT2D eigenvalue weighted by Crippen LogP contribution is -2.41. The van der Waals surface area contributed by atoms with Gasteiger partial charge in [0.1, 0.15) is 11.9 Å². The van der Waals surface area contributed by atoms with Crippen LogP contribution in [0.15, 0.2) is 48.0 Å². The molecule has 4 rings (SSSR count). The molecule has 0 saturated carbocycles. The fraction of sp³-hybridized carbons (Fsp3) is 0.286. The number of rotatable bonds is 5. The number of thiophene rings is 1. The molecule has 3 aromatic rings. The molecule has 1 aliphatic rings. The van der Waals surface area contributed by atoms with Crippen molar-refractivity contribution in [3.63, 3.8) is 0 Å². The van der Waals surface area contributed by atoms with Gasteiger partial charge in [0.15, 0.2) is 0 Å². The average molecular weight is 395 g/mol. The van der Waals surface area contributed by atoms with E-state index in [1.165, 1.54) is 24.2 Å². The second-order valence-electron chi connectivity index (χ2n) is 6.94. The molecule has 2 N–H and O–H groups in total. The van der Waals surface area contributed by atoms with Crippen LogP contribution in [0.5, 0.6) is 0 Å². The van der Waals surface area contributed by atoms with Crippen molar-refractivity contribution >= 4 is 28.8 Å². The highest BCUT2D eigenvalue weighted by atomic mass is 32.1. The largest absolute Gasteiger partial charge is 0.340 e. The van der Waals surface area contributed by atoms with Crippen molar-refractivity contribution in [2.24, 2.45) is 0 Å². The highest BCUT2D eigenvalue weighted by Crippen LogP contribution is 2.25. The lowest BCUT2D eigenvalue weighted by molar-refractivity contribution is -0.117. The number of nitrogens with one attached hydrogen (secondary N) is 2. The molecule has 2 aromatic heterocycles. The van der Waals surface area contributed by atoms with Gasteiger partial charge in [-0.3, -0.25) is 9.59 Å². The molecule has 0 saturated heterocycles. The molecule has 0 aliphatic carbocycles. The fourth-order valence-corrected chi connectivity index (χ4v) is 3.93. The second kappa shape index (κ2) is 7.98. The molecule has 3 heterocycles. The van der Waals surface area contributed by atoms with E-state index in [0.717, 1.165) is 30.0 Å². The highest BCUT2D eigenvalue weighted by Gasteiger charge is 2.18. The van der Waals surface area contributed by atoms with Crippen LogP contribution in [0.3, 0.4) is 0 Å². The molecule has 144 valence electrons. The van der Waals surface area contributed by atoms with Crippen LogP contribution in [0, 0.1) is 0 Å². The van der Waals surface area contributed by atoms with Gasteiger partial charge >= 0.3 is 0 Å². The summed E-state index contributed by atoms with van der Waals surface area (Å²) in [5, 5.41) is 7.44. The summed E-state index contributed by atoms with van der Waals surface area (Å²) in [5.41, 5.74) is 2.58. The van der Waals surface area contributed by atoms with Gasteiger partial charge in [-0.15, -0.1) is 11.3 Å². The Morgan fingerprint density at radius 3 is 2.89 bits per heavy atom. The van der Waals surface area contributed by atoms with Crippen molar-refractivity contribution in [1.82, 2.24) is 14.9 Å². The standard InChI is InChI=1S/C21H22N4O2S/c1-14(22-21(27)18-8-5-11-28-18)20(26)23-16-7-4-6-15(12-16)17-13-25-10-3-2-9-19(25)24-17/h4-8,11-14H,2-3,9-10H2,1H3,(H,22,27)(H,23,26)/t14-/m0/s1. The molecule has 6 nitrogen and oxygen atoms in total. The van der Waals surface area contributed by atoms with Gasteiger partial charge < -0.3 is 15.2 Å². The molecular weight excluding hydrogens is 372 g/mol. The van der Waals surface area contributed by atoms with Crippen molar-refractivity contribution in [3.05, 3.63) is 58.7 Å². The van der Waals surface area contributed by atoms with Gasteiger partial charge in [0.25, 0.3) is 5.91 Å². The summed E-state index contributed by atoms with van der Waals surface area (Å²) in [6.07, 6.45) is 5.47. The highest BCUT2D eigenvalue weighted by molar-refractivity contribution is 7.12. The first-order valence-electron chi connectivity index (χ1n) is 9.42. The van der Waals surface area contributed by atoms with Crippen LogP contribution >= 0.6 is 11.3 Å². The number of anilines is 1. The quantitative estimate of drug-likeness (QED) is 0.693. The van der Waals surface area contributed by atoms with Crippen LogP contribution in [-0.2, 0) is 17.8 Å². The SMILES string of the molecule is C[C@H](NC(=O)c1cccs1)C(=O)Nc1cccc(-c2cn3c(n2)CCCC3)c1. The van der Waals surface area contributed by atoms with Crippen molar-refractivity contribution in [2.45, 2.75) is 38.8 Å². The number of carbonyl (C=O) groups is 2. The Hall–Kier alpha value is -2.93. The summed E-state index contributed by atoms with van der Waals surface area (Å²) in [7, 11) is 0. The minimum Gasteiger partial charge on any atom is -0.340 e. The Bertz CT molecular complexity index is 970. The number of hydrogen-bond acceptors (Lipinski definition) is 4. The number of imidazole rings is 1. The van der Waals surface area contributed by atoms with E-state index in [2.05, 4.69) is 21.4 Å². The summed E-state index contributed by atoms with van der Waals surface area (Å²) in [5.74, 6) is 0.627. The zero-order valence-electron chi connectivity index (χ0n) is 15.6. The summed E-state index contributed by atoms with van der Waals surface area (Å²) < 4.78 is 2.21. The van der Waals surface area contributed by atoms with E-state index in [4.69, 9.17) is 4.98 Å². The van der Waals surface area contributed by atoms with E-state index in [0.29, 0.717) is 10.6 Å².